The molecule has 0 N–H and O–H groups in total. The van der Waals surface area contributed by atoms with Crippen molar-refractivity contribution in [2.24, 2.45) is 0 Å². The van der Waals surface area contributed by atoms with Gasteiger partial charge in [0.2, 0.25) is 0 Å². The maximum absolute atomic E-state index is 14.8. The molecule has 6 heteroatoms. The largest absolute Gasteiger partial charge is 0.462 e. The van der Waals surface area contributed by atoms with Gasteiger partial charge in [-0.15, -0.1) is 0 Å². The number of fused-ring (bicyclic) bond motifs is 7. The first-order valence-corrected chi connectivity index (χ1v) is 12.6. The molecule has 0 unspecified atom stereocenters. The number of hydrogen-bond donors (Lipinski definition) is 0. The Kier molecular flexibility index (Phi) is 5.40. The van der Waals surface area contributed by atoms with Gasteiger partial charge in [-0.05, 0) is 72.3 Å². The highest BCUT2D eigenvalue weighted by Gasteiger charge is 2.27. The number of halogens is 2. The SMILES string of the molecule is O=C1OCCc2cc(N3c4ccc(F)cc4-c4ccccc4Oc4ccccc4-c4cc(F)ccc43)ccc21. The summed E-state index contributed by atoms with van der Waals surface area (Å²) in [7, 11) is 0. The lowest BCUT2D eigenvalue weighted by Gasteiger charge is -2.32. The molecular weight excluding hydrogens is 496 g/mol. The maximum Gasteiger partial charge on any atom is 0.338 e. The normalized spacial score (nSPS) is 13.6. The lowest BCUT2D eigenvalue weighted by Crippen LogP contribution is -2.19. The predicted octanol–water partition coefficient (Wildman–Crippen LogP) is 8.59. The summed E-state index contributed by atoms with van der Waals surface area (Å²) in [5, 5.41) is 0. The first kappa shape index (κ1) is 23.2. The van der Waals surface area contributed by atoms with Crippen molar-refractivity contribution in [2.75, 3.05) is 11.5 Å². The fourth-order valence-corrected chi connectivity index (χ4v) is 5.38. The van der Waals surface area contributed by atoms with E-state index in [1.54, 1.807) is 18.2 Å². The van der Waals surface area contributed by atoms with Crippen molar-refractivity contribution >= 4 is 23.0 Å². The average molecular weight is 518 g/mol. The summed E-state index contributed by atoms with van der Waals surface area (Å²) in [5.74, 6) is -0.0507. The fourth-order valence-electron chi connectivity index (χ4n) is 5.38. The summed E-state index contributed by atoms with van der Waals surface area (Å²) in [6.45, 7) is 0.303. The van der Waals surface area contributed by atoms with Crippen LogP contribution in [0.3, 0.4) is 0 Å². The minimum atomic E-state index is -0.395. The number of nitrogens with zero attached hydrogens (tertiary/aromatic N) is 1. The Bertz CT molecular complexity index is 1690. The van der Waals surface area contributed by atoms with Crippen molar-refractivity contribution < 1.29 is 23.0 Å². The molecule has 7 rings (SSSR count). The molecule has 2 heterocycles. The van der Waals surface area contributed by atoms with Crippen LogP contribution in [0.25, 0.3) is 22.3 Å². The molecule has 5 aromatic rings. The minimum Gasteiger partial charge on any atom is -0.462 e. The smallest absolute Gasteiger partial charge is 0.338 e. The quantitative estimate of drug-likeness (QED) is 0.205. The lowest BCUT2D eigenvalue weighted by molar-refractivity contribution is 0.0480. The Labute approximate surface area is 223 Å². The standard InChI is InChI=1S/C33H21F2NO3/c34-21-9-13-29-27(18-21)25-5-1-3-7-31(25)39-32-8-4-2-6-26(32)28-19-22(35)10-14-30(28)36(29)23-11-12-24-20(17-23)15-16-38-33(24)37/h1-14,17-19H,15-16H2. The summed E-state index contributed by atoms with van der Waals surface area (Å²) < 4.78 is 41.3. The van der Waals surface area contributed by atoms with Crippen molar-refractivity contribution in [2.45, 2.75) is 6.42 Å². The monoisotopic (exact) mass is 517 g/mol. The Hall–Kier alpha value is -4.97. The number of carbonyl (C=O) groups is 1. The summed E-state index contributed by atoms with van der Waals surface area (Å²) in [4.78, 5) is 14.4. The van der Waals surface area contributed by atoms with E-state index in [1.807, 2.05) is 65.6 Å². The van der Waals surface area contributed by atoms with Gasteiger partial charge in [-0.2, -0.15) is 0 Å². The van der Waals surface area contributed by atoms with Crippen LogP contribution in [0.1, 0.15) is 15.9 Å². The van der Waals surface area contributed by atoms with E-state index in [4.69, 9.17) is 9.47 Å². The number of benzene rings is 5. The molecule has 4 nitrogen and oxygen atoms in total. The zero-order valence-corrected chi connectivity index (χ0v) is 20.7. The van der Waals surface area contributed by atoms with Crippen LogP contribution in [-0.2, 0) is 11.2 Å². The highest BCUT2D eigenvalue weighted by atomic mass is 19.1. The van der Waals surface area contributed by atoms with Gasteiger partial charge in [0.1, 0.15) is 23.1 Å². The zero-order valence-electron chi connectivity index (χ0n) is 20.7. The highest BCUT2D eigenvalue weighted by Crippen LogP contribution is 2.50. The molecule has 0 saturated heterocycles. The molecule has 0 saturated carbocycles. The van der Waals surface area contributed by atoms with E-state index < -0.39 is 11.6 Å². The summed E-state index contributed by atoms with van der Waals surface area (Å²) in [6.07, 6.45) is 0.578. The molecule has 0 spiro atoms. The van der Waals surface area contributed by atoms with Crippen LogP contribution in [0.5, 0.6) is 11.5 Å². The van der Waals surface area contributed by atoms with Gasteiger partial charge in [0.25, 0.3) is 0 Å². The van der Waals surface area contributed by atoms with E-state index in [1.165, 1.54) is 24.3 Å². The molecular formula is C33H21F2NO3. The highest BCUT2D eigenvalue weighted by molar-refractivity contribution is 5.97. The number of carbonyl (C=O) groups excluding carboxylic acids is 1. The molecule has 2 aliphatic heterocycles. The third-order valence-electron chi connectivity index (χ3n) is 7.14. The van der Waals surface area contributed by atoms with Crippen LogP contribution < -0.4 is 9.64 Å². The Balaban J connectivity index is 1.59. The molecule has 0 aliphatic carbocycles. The summed E-state index contributed by atoms with van der Waals surface area (Å²) in [6, 6.07) is 29.7. The second-order valence-corrected chi connectivity index (χ2v) is 9.48. The number of esters is 1. The van der Waals surface area contributed by atoms with Gasteiger partial charge >= 0.3 is 5.97 Å². The number of cyclic esters (lactones) is 1. The van der Waals surface area contributed by atoms with Gasteiger partial charge in [-0.25, -0.2) is 13.6 Å². The van der Waals surface area contributed by atoms with Gasteiger partial charge in [0, 0.05) is 34.4 Å². The van der Waals surface area contributed by atoms with E-state index in [-0.39, 0.29) is 5.97 Å². The molecule has 0 fully saturated rings. The van der Waals surface area contributed by atoms with Crippen LogP contribution in [0, 0.1) is 11.6 Å². The van der Waals surface area contributed by atoms with Gasteiger partial charge in [0.15, 0.2) is 0 Å². The number of para-hydroxylation sites is 2. The van der Waals surface area contributed by atoms with E-state index in [0.29, 0.717) is 63.7 Å². The first-order valence-electron chi connectivity index (χ1n) is 12.6. The van der Waals surface area contributed by atoms with Crippen LogP contribution in [0.4, 0.5) is 25.8 Å². The molecule has 0 atom stereocenters. The molecule has 0 amide bonds. The second kappa shape index (κ2) is 9.10. The van der Waals surface area contributed by atoms with Crippen LogP contribution >= 0.6 is 0 Å². The molecule has 0 bridgehead atoms. The van der Waals surface area contributed by atoms with Crippen LogP contribution in [0.2, 0.25) is 0 Å². The molecule has 2 aliphatic rings. The molecule has 0 aromatic heterocycles. The van der Waals surface area contributed by atoms with Crippen LogP contribution in [-0.4, -0.2) is 12.6 Å². The fraction of sp³-hybridized carbons (Fsp3) is 0.0606. The van der Waals surface area contributed by atoms with E-state index in [0.717, 1.165) is 11.3 Å². The van der Waals surface area contributed by atoms with Crippen molar-refractivity contribution in [3.05, 3.63) is 126 Å². The molecule has 190 valence electrons. The van der Waals surface area contributed by atoms with Gasteiger partial charge in [-0.3, -0.25) is 0 Å². The molecule has 0 radical (unpaired) electrons. The van der Waals surface area contributed by atoms with Gasteiger partial charge < -0.3 is 14.4 Å². The maximum atomic E-state index is 14.8. The van der Waals surface area contributed by atoms with Crippen molar-refractivity contribution in [1.29, 1.82) is 0 Å². The van der Waals surface area contributed by atoms with Crippen molar-refractivity contribution in [3.8, 4) is 33.8 Å². The predicted molar refractivity (Wildman–Crippen MR) is 146 cm³/mol. The lowest BCUT2D eigenvalue weighted by atomic mass is 9.95. The number of anilines is 3. The summed E-state index contributed by atoms with van der Waals surface area (Å²) in [5.41, 5.74) is 6.12. The molecule has 39 heavy (non-hydrogen) atoms. The van der Waals surface area contributed by atoms with Crippen LogP contribution in [0.15, 0.2) is 103 Å². The van der Waals surface area contributed by atoms with Crippen molar-refractivity contribution in [3.63, 3.8) is 0 Å². The Morgan fingerprint density at radius 1 is 0.615 bits per heavy atom. The Morgan fingerprint density at radius 3 is 1.82 bits per heavy atom. The van der Waals surface area contributed by atoms with E-state index >= 15 is 0 Å². The Morgan fingerprint density at radius 2 is 1.21 bits per heavy atom. The third-order valence-corrected chi connectivity index (χ3v) is 7.14. The number of hydrogen-bond acceptors (Lipinski definition) is 4. The first-order chi connectivity index (χ1) is 19.1. The summed E-state index contributed by atoms with van der Waals surface area (Å²) >= 11 is 0. The topological polar surface area (TPSA) is 38.8 Å². The average Bonchev–Trinajstić information content (AvgIpc) is 2.95. The zero-order chi connectivity index (χ0) is 26.5. The number of rotatable bonds is 1. The van der Waals surface area contributed by atoms with Gasteiger partial charge in [0.05, 0.1) is 23.5 Å². The van der Waals surface area contributed by atoms with Crippen molar-refractivity contribution in [1.82, 2.24) is 0 Å². The second-order valence-electron chi connectivity index (χ2n) is 9.48. The minimum absolute atomic E-state index is 0.303. The third kappa shape index (κ3) is 3.92. The van der Waals surface area contributed by atoms with E-state index in [9.17, 15) is 13.6 Å². The van der Waals surface area contributed by atoms with Gasteiger partial charge in [-0.1, -0.05) is 36.4 Å². The molecule has 5 aromatic carbocycles. The number of ether oxygens (including phenoxy) is 2. The van der Waals surface area contributed by atoms with E-state index in [2.05, 4.69) is 0 Å².